The van der Waals surface area contributed by atoms with Gasteiger partial charge in [0.2, 0.25) is 0 Å². The average molecular weight is 256 g/mol. The smallest absolute Gasteiger partial charge is 0.394 e. The summed E-state index contributed by atoms with van der Waals surface area (Å²) in [6.07, 6.45) is -3.87. The first-order valence-corrected chi connectivity index (χ1v) is 5.36. The molecule has 0 saturated heterocycles. The number of hydrogen-bond donors (Lipinski definition) is 3. The maximum atomic E-state index is 12.5. The highest BCUT2D eigenvalue weighted by Gasteiger charge is 2.47. The summed E-state index contributed by atoms with van der Waals surface area (Å²) >= 11 is 0. The first kappa shape index (κ1) is 16.0. The molecule has 4 nitrogen and oxygen atoms in total. The van der Waals surface area contributed by atoms with Crippen LogP contribution >= 0.6 is 0 Å². The monoisotopic (exact) mass is 256 g/mol. The second-order valence-electron chi connectivity index (χ2n) is 4.50. The molecule has 0 bridgehead atoms. The van der Waals surface area contributed by atoms with Crippen molar-refractivity contribution in [2.45, 2.75) is 39.4 Å². The summed E-state index contributed by atoms with van der Waals surface area (Å²) in [6.45, 7) is 3.02. The molecule has 0 unspecified atom stereocenters. The SMILES string of the molecule is CC[C@@H](CO)NC(=O)NCC(C)(C)C(F)(F)F. The molecule has 7 heteroatoms. The Morgan fingerprint density at radius 3 is 2.24 bits per heavy atom. The summed E-state index contributed by atoms with van der Waals surface area (Å²) in [5.74, 6) is 0. The van der Waals surface area contributed by atoms with E-state index in [1.165, 1.54) is 0 Å². The van der Waals surface area contributed by atoms with Gasteiger partial charge < -0.3 is 15.7 Å². The quantitative estimate of drug-likeness (QED) is 0.700. The van der Waals surface area contributed by atoms with Crippen LogP contribution < -0.4 is 10.6 Å². The fourth-order valence-electron chi connectivity index (χ4n) is 0.915. The third-order valence-electron chi connectivity index (χ3n) is 2.51. The van der Waals surface area contributed by atoms with E-state index in [0.29, 0.717) is 6.42 Å². The Kier molecular flexibility index (Phi) is 5.74. The summed E-state index contributed by atoms with van der Waals surface area (Å²) in [4.78, 5) is 11.2. The van der Waals surface area contributed by atoms with Crippen molar-refractivity contribution >= 4 is 6.03 Å². The molecule has 0 spiro atoms. The maximum Gasteiger partial charge on any atom is 0.395 e. The first-order valence-electron chi connectivity index (χ1n) is 5.36. The zero-order valence-corrected chi connectivity index (χ0v) is 10.2. The van der Waals surface area contributed by atoms with Crippen LogP contribution in [0.2, 0.25) is 0 Å². The van der Waals surface area contributed by atoms with Crippen LogP contribution in [-0.2, 0) is 0 Å². The van der Waals surface area contributed by atoms with Gasteiger partial charge in [0.05, 0.1) is 18.1 Å². The van der Waals surface area contributed by atoms with Gasteiger partial charge in [-0.2, -0.15) is 13.2 Å². The maximum absolute atomic E-state index is 12.5. The molecule has 0 radical (unpaired) electrons. The number of aliphatic hydroxyl groups excluding tert-OH is 1. The van der Waals surface area contributed by atoms with Gasteiger partial charge in [-0.3, -0.25) is 0 Å². The van der Waals surface area contributed by atoms with Crippen molar-refractivity contribution in [1.82, 2.24) is 10.6 Å². The lowest BCUT2D eigenvalue weighted by Gasteiger charge is -2.28. The van der Waals surface area contributed by atoms with Crippen molar-refractivity contribution in [3.63, 3.8) is 0 Å². The highest BCUT2D eigenvalue weighted by molar-refractivity contribution is 5.74. The highest BCUT2D eigenvalue weighted by Crippen LogP contribution is 2.36. The molecule has 0 saturated carbocycles. The van der Waals surface area contributed by atoms with Crippen LogP contribution in [0.15, 0.2) is 0 Å². The number of aliphatic hydroxyl groups is 1. The molecule has 1 atom stereocenters. The minimum atomic E-state index is -4.37. The molecule has 0 heterocycles. The molecule has 0 aromatic carbocycles. The number of carbonyl (C=O) groups is 1. The molecule has 0 aliphatic heterocycles. The van der Waals surface area contributed by atoms with E-state index in [2.05, 4.69) is 10.6 Å². The van der Waals surface area contributed by atoms with E-state index >= 15 is 0 Å². The van der Waals surface area contributed by atoms with E-state index in [1.54, 1.807) is 6.92 Å². The van der Waals surface area contributed by atoms with Gasteiger partial charge in [-0.25, -0.2) is 4.79 Å². The lowest BCUT2D eigenvalue weighted by Crippen LogP contribution is -2.49. The van der Waals surface area contributed by atoms with Gasteiger partial charge in [-0.05, 0) is 20.3 Å². The van der Waals surface area contributed by atoms with Crippen LogP contribution in [0.1, 0.15) is 27.2 Å². The highest BCUT2D eigenvalue weighted by atomic mass is 19.4. The molecule has 0 fully saturated rings. The molecule has 17 heavy (non-hydrogen) atoms. The van der Waals surface area contributed by atoms with Crippen molar-refractivity contribution < 1.29 is 23.1 Å². The van der Waals surface area contributed by atoms with Gasteiger partial charge in [-0.1, -0.05) is 6.92 Å². The first-order chi connectivity index (χ1) is 7.64. The van der Waals surface area contributed by atoms with Gasteiger partial charge in [-0.15, -0.1) is 0 Å². The molecule has 0 rings (SSSR count). The van der Waals surface area contributed by atoms with Crippen molar-refractivity contribution in [2.24, 2.45) is 5.41 Å². The molecular weight excluding hydrogens is 237 g/mol. The van der Waals surface area contributed by atoms with Crippen LogP contribution in [0, 0.1) is 5.41 Å². The molecule has 0 aliphatic carbocycles. The lowest BCUT2D eigenvalue weighted by molar-refractivity contribution is -0.208. The lowest BCUT2D eigenvalue weighted by atomic mass is 9.93. The number of nitrogens with one attached hydrogen (secondary N) is 2. The zero-order valence-electron chi connectivity index (χ0n) is 10.2. The van der Waals surface area contributed by atoms with Crippen LogP contribution in [-0.4, -0.2) is 36.5 Å². The third-order valence-corrected chi connectivity index (χ3v) is 2.51. The molecule has 0 aliphatic rings. The number of rotatable bonds is 5. The Morgan fingerprint density at radius 1 is 1.35 bits per heavy atom. The van der Waals surface area contributed by atoms with Crippen molar-refractivity contribution in [1.29, 1.82) is 0 Å². The zero-order chi connectivity index (χ0) is 13.7. The van der Waals surface area contributed by atoms with E-state index < -0.39 is 30.2 Å². The molecule has 0 aromatic heterocycles. The van der Waals surface area contributed by atoms with Crippen molar-refractivity contribution in [3.05, 3.63) is 0 Å². The Hall–Kier alpha value is -0.980. The number of alkyl halides is 3. The second-order valence-corrected chi connectivity index (χ2v) is 4.50. The van der Waals surface area contributed by atoms with E-state index in [4.69, 9.17) is 5.11 Å². The van der Waals surface area contributed by atoms with Crippen molar-refractivity contribution in [2.75, 3.05) is 13.2 Å². The van der Waals surface area contributed by atoms with Crippen LogP contribution in [0.3, 0.4) is 0 Å². The third kappa shape index (κ3) is 5.25. The summed E-state index contributed by atoms with van der Waals surface area (Å²) in [7, 11) is 0. The molecular formula is C10H19F3N2O2. The average Bonchev–Trinajstić information content (AvgIpc) is 2.21. The van der Waals surface area contributed by atoms with Gasteiger partial charge in [0, 0.05) is 6.54 Å². The number of carbonyl (C=O) groups excluding carboxylic acids is 1. The molecule has 102 valence electrons. The van der Waals surface area contributed by atoms with E-state index in [9.17, 15) is 18.0 Å². The minimum absolute atomic E-state index is 0.243. The van der Waals surface area contributed by atoms with Gasteiger partial charge in [0.25, 0.3) is 0 Å². The van der Waals surface area contributed by atoms with Crippen LogP contribution in [0.4, 0.5) is 18.0 Å². The Labute approximate surface area is 98.6 Å². The van der Waals surface area contributed by atoms with E-state index in [1.807, 2.05) is 0 Å². The van der Waals surface area contributed by atoms with Gasteiger partial charge in [0.1, 0.15) is 0 Å². The fourth-order valence-corrected chi connectivity index (χ4v) is 0.915. The van der Waals surface area contributed by atoms with Crippen molar-refractivity contribution in [3.8, 4) is 0 Å². The molecule has 2 amide bonds. The summed E-state index contributed by atoms with van der Waals surface area (Å²) in [6, 6.07) is -1.15. The van der Waals surface area contributed by atoms with Gasteiger partial charge >= 0.3 is 12.2 Å². The Bertz CT molecular complexity index is 250. The number of amides is 2. The topological polar surface area (TPSA) is 61.4 Å². The number of urea groups is 1. The number of hydrogen-bond acceptors (Lipinski definition) is 2. The predicted octanol–water partition coefficient (Wildman–Crippen LogP) is 1.65. The fraction of sp³-hybridized carbons (Fsp3) is 0.900. The Morgan fingerprint density at radius 2 is 1.88 bits per heavy atom. The van der Waals surface area contributed by atoms with Crippen LogP contribution in [0.5, 0.6) is 0 Å². The largest absolute Gasteiger partial charge is 0.395 e. The minimum Gasteiger partial charge on any atom is -0.394 e. The number of halogens is 3. The molecule has 0 aromatic rings. The van der Waals surface area contributed by atoms with E-state index in [-0.39, 0.29) is 6.61 Å². The summed E-state index contributed by atoms with van der Waals surface area (Å²) < 4.78 is 37.4. The van der Waals surface area contributed by atoms with Crippen LogP contribution in [0.25, 0.3) is 0 Å². The van der Waals surface area contributed by atoms with Gasteiger partial charge in [0.15, 0.2) is 0 Å². The Balaban J connectivity index is 4.17. The summed E-state index contributed by atoms with van der Waals surface area (Å²) in [5.41, 5.74) is -1.98. The predicted molar refractivity (Wildman–Crippen MR) is 57.5 cm³/mol. The van der Waals surface area contributed by atoms with E-state index in [0.717, 1.165) is 13.8 Å². The molecule has 3 N–H and O–H groups in total. The second kappa shape index (κ2) is 6.09. The summed E-state index contributed by atoms with van der Waals surface area (Å²) in [5, 5.41) is 13.3. The standard InChI is InChI=1S/C10H19F3N2O2/c1-4-7(5-16)15-8(17)14-6-9(2,3)10(11,12)13/h7,16H,4-6H2,1-3H3,(H2,14,15,17)/t7-/m0/s1. The normalized spacial score (nSPS) is 14.3.